The van der Waals surface area contributed by atoms with Gasteiger partial charge in [-0.05, 0) is 54.3 Å². The SMILES string of the molecule is COc1cc([C@@H]2c3cc4c(cc3[C@H](O[C@H]3CC[C@@H](O)[C@H](C)O3)[C@H]3COC(=O)[C@H]23)OCO4)cc(OC)c1OC. The van der Waals surface area contributed by atoms with Crippen molar-refractivity contribution in [2.24, 2.45) is 11.8 Å². The predicted octanol–water partition coefficient (Wildman–Crippen LogP) is 3.32. The van der Waals surface area contributed by atoms with Gasteiger partial charge in [0.05, 0.1) is 52.2 Å². The molecule has 2 fully saturated rings. The third-order valence-corrected chi connectivity index (χ3v) is 8.07. The molecule has 0 bridgehead atoms. The van der Waals surface area contributed by atoms with E-state index in [0.717, 1.165) is 16.7 Å². The number of hydrogen-bond donors (Lipinski definition) is 1. The van der Waals surface area contributed by atoms with E-state index in [1.165, 1.54) is 0 Å². The molecule has 1 N–H and O–H groups in total. The number of aliphatic hydroxyl groups is 1. The molecule has 1 aliphatic carbocycles. The van der Waals surface area contributed by atoms with Crippen molar-refractivity contribution in [3.63, 3.8) is 0 Å². The monoisotopic (exact) mass is 528 g/mol. The van der Waals surface area contributed by atoms with E-state index in [0.29, 0.717) is 41.6 Å². The number of fused-ring (bicyclic) bond motifs is 3. The zero-order valence-corrected chi connectivity index (χ0v) is 21.8. The first-order valence-electron chi connectivity index (χ1n) is 12.8. The molecule has 2 aromatic carbocycles. The van der Waals surface area contributed by atoms with E-state index < -0.39 is 24.4 Å². The van der Waals surface area contributed by atoms with Crippen LogP contribution in [0.2, 0.25) is 0 Å². The van der Waals surface area contributed by atoms with Crippen LogP contribution in [0.5, 0.6) is 28.7 Å². The Balaban J connectivity index is 1.49. The van der Waals surface area contributed by atoms with Gasteiger partial charge in [0.15, 0.2) is 29.3 Å². The Bertz CT molecular complexity index is 1200. The topological polar surface area (TPSA) is 111 Å². The zero-order valence-electron chi connectivity index (χ0n) is 21.8. The third kappa shape index (κ3) is 4.02. The van der Waals surface area contributed by atoms with Crippen LogP contribution in [0.3, 0.4) is 0 Å². The fraction of sp³-hybridized carbons (Fsp3) is 0.536. The highest BCUT2D eigenvalue weighted by Crippen LogP contribution is 2.57. The van der Waals surface area contributed by atoms with Crippen LogP contribution in [0, 0.1) is 11.8 Å². The van der Waals surface area contributed by atoms with E-state index in [9.17, 15) is 9.90 Å². The van der Waals surface area contributed by atoms with Crippen LogP contribution in [0.4, 0.5) is 0 Å². The van der Waals surface area contributed by atoms with Crippen LogP contribution >= 0.6 is 0 Å². The van der Waals surface area contributed by atoms with E-state index >= 15 is 0 Å². The second-order valence-corrected chi connectivity index (χ2v) is 10.1. The fourth-order valence-corrected chi connectivity index (χ4v) is 6.17. The molecule has 6 rings (SSSR count). The number of carbonyl (C=O) groups excluding carboxylic acids is 1. The summed E-state index contributed by atoms with van der Waals surface area (Å²) in [5.74, 6) is 1.21. The van der Waals surface area contributed by atoms with E-state index in [4.69, 9.17) is 37.9 Å². The molecule has 0 unspecified atom stereocenters. The molecular weight excluding hydrogens is 496 g/mol. The summed E-state index contributed by atoms with van der Waals surface area (Å²) >= 11 is 0. The zero-order chi connectivity index (χ0) is 26.6. The van der Waals surface area contributed by atoms with E-state index in [1.54, 1.807) is 21.3 Å². The highest BCUT2D eigenvalue weighted by molar-refractivity contribution is 5.79. The van der Waals surface area contributed by atoms with Crippen molar-refractivity contribution in [3.05, 3.63) is 41.0 Å². The number of rotatable bonds is 6. The number of aliphatic hydroxyl groups excluding tert-OH is 1. The summed E-state index contributed by atoms with van der Waals surface area (Å²) in [4.78, 5) is 13.3. The van der Waals surface area contributed by atoms with Crippen LogP contribution in [-0.2, 0) is 19.0 Å². The molecule has 0 aromatic heterocycles. The van der Waals surface area contributed by atoms with Crippen LogP contribution in [0.15, 0.2) is 24.3 Å². The van der Waals surface area contributed by atoms with Crippen molar-refractivity contribution in [2.75, 3.05) is 34.7 Å². The highest BCUT2D eigenvalue weighted by Gasteiger charge is 2.54. The van der Waals surface area contributed by atoms with E-state index in [-0.39, 0.29) is 37.3 Å². The molecule has 4 aliphatic rings. The third-order valence-electron chi connectivity index (χ3n) is 8.07. The lowest BCUT2D eigenvalue weighted by molar-refractivity contribution is -0.245. The predicted molar refractivity (Wildman–Crippen MR) is 132 cm³/mol. The summed E-state index contributed by atoms with van der Waals surface area (Å²) in [5.41, 5.74) is 2.57. The molecule has 0 spiro atoms. The standard InChI is InChI=1S/C28H32O10/c1-13-18(29)5-6-23(37-13)38-26-16-10-20-19(35-12-36-20)9-15(16)24(25-17(26)11-34-28(25)30)14-7-21(31-2)27(33-4)22(8-14)32-3/h7-10,13,17-18,23-26,29H,5-6,11-12H2,1-4H3/t13-,17-,18+,23-,24+,25-,26-/m0/s1. The number of benzene rings is 2. The van der Waals surface area contributed by atoms with Crippen LogP contribution in [0.25, 0.3) is 0 Å². The van der Waals surface area contributed by atoms with Crippen molar-refractivity contribution in [1.29, 1.82) is 0 Å². The molecule has 2 saturated heterocycles. The molecule has 10 heteroatoms. The van der Waals surface area contributed by atoms with Gasteiger partial charge in [0, 0.05) is 18.3 Å². The molecule has 3 aliphatic heterocycles. The Labute approximate surface area is 220 Å². The van der Waals surface area contributed by atoms with Gasteiger partial charge in [-0.25, -0.2) is 0 Å². The lowest BCUT2D eigenvalue weighted by atomic mass is 9.66. The van der Waals surface area contributed by atoms with Gasteiger partial charge < -0.3 is 43.0 Å². The second kappa shape index (κ2) is 9.83. The Morgan fingerprint density at radius 1 is 0.895 bits per heavy atom. The number of esters is 1. The van der Waals surface area contributed by atoms with E-state index in [1.807, 2.05) is 31.2 Å². The number of methoxy groups -OCH3 is 3. The van der Waals surface area contributed by atoms with Crippen molar-refractivity contribution < 1.29 is 47.8 Å². The Hall–Kier alpha value is -3.21. The summed E-state index contributed by atoms with van der Waals surface area (Å²) in [7, 11) is 4.68. The number of cyclic esters (lactones) is 1. The average Bonchev–Trinajstić information content (AvgIpc) is 3.55. The van der Waals surface area contributed by atoms with Crippen LogP contribution in [-0.4, -0.2) is 64.3 Å². The summed E-state index contributed by atoms with van der Waals surface area (Å²) in [5, 5.41) is 10.1. The minimum absolute atomic E-state index is 0.120. The van der Waals surface area contributed by atoms with Gasteiger partial charge in [0.2, 0.25) is 12.5 Å². The molecule has 7 atom stereocenters. The lowest BCUT2D eigenvalue weighted by Crippen LogP contribution is -2.42. The maximum Gasteiger partial charge on any atom is 0.310 e. The normalized spacial score (nSPS) is 31.3. The molecule has 38 heavy (non-hydrogen) atoms. The molecule has 0 amide bonds. The van der Waals surface area contributed by atoms with Crippen LogP contribution < -0.4 is 23.7 Å². The number of hydrogen-bond acceptors (Lipinski definition) is 10. The molecule has 0 radical (unpaired) electrons. The summed E-state index contributed by atoms with van der Waals surface area (Å²) in [6.45, 7) is 2.17. The van der Waals surface area contributed by atoms with E-state index in [2.05, 4.69) is 0 Å². The van der Waals surface area contributed by atoms with Gasteiger partial charge in [-0.1, -0.05) is 0 Å². The summed E-state index contributed by atoms with van der Waals surface area (Å²) in [6, 6.07) is 7.61. The maximum atomic E-state index is 13.3. The minimum atomic E-state index is -0.532. The molecule has 204 valence electrons. The van der Waals surface area contributed by atoms with Gasteiger partial charge in [0.25, 0.3) is 0 Å². The van der Waals surface area contributed by atoms with Gasteiger partial charge in [-0.3, -0.25) is 4.79 Å². The maximum absolute atomic E-state index is 13.3. The van der Waals surface area contributed by atoms with Crippen molar-refractivity contribution in [2.45, 2.75) is 50.3 Å². The summed E-state index contributed by atoms with van der Waals surface area (Å²) < 4.78 is 46.4. The van der Waals surface area contributed by atoms with Crippen molar-refractivity contribution in [3.8, 4) is 28.7 Å². The average molecular weight is 529 g/mol. The Kier molecular flexibility index (Phi) is 6.49. The first kappa shape index (κ1) is 25.1. The molecular formula is C28H32O10. The number of ether oxygens (including phenoxy) is 8. The number of carbonyl (C=O) groups is 1. The largest absolute Gasteiger partial charge is 0.493 e. The van der Waals surface area contributed by atoms with Crippen LogP contribution in [0.1, 0.15) is 48.5 Å². The van der Waals surface area contributed by atoms with Gasteiger partial charge in [-0.2, -0.15) is 0 Å². The smallest absolute Gasteiger partial charge is 0.310 e. The first-order chi connectivity index (χ1) is 18.4. The minimum Gasteiger partial charge on any atom is -0.493 e. The highest BCUT2D eigenvalue weighted by atomic mass is 16.7. The van der Waals surface area contributed by atoms with Crippen molar-refractivity contribution >= 4 is 5.97 Å². The molecule has 10 nitrogen and oxygen atoms in total. The van der Waals surface area contributed by atoms with Gasteiger partial charge >= 0.3 is 5.97 Å². The second-order valence-electron chi connectivity index (χ2n) is 10.1. The summed E-state index contributed by atoms with van der Waals surface area (Å²) in [6.07, 6.45) is -0.768. The first-order valence-corrected chi connectivity index (χ1v) is 12.8. The van der Waals surface area contributed by atoms with Crippen molar-refractivity contribution in [1.82, 2.24) is 0 Å². The Morgan fingerprint density at radius 2 is 1.58 bits per heavy atom. The molecule has 3 heterocycles. The lowest BCUT2D eigenvalue weighted by Gasteiger charge is -2.41. The quantitative estimate of drug-likeness (QED) is 0.561. The molecule has 0 saturated carbocycles. The molecule has 2 aromatic rings. The van der Waals surface area contributed by atoms with Gasteiger partial charge in [0.1, 0.15) is 0 Å². The Morgan fingerprint density at radius 3 is 2.21 bits per heavy atom. The fourth-order valence-electron chi connectivity index (χ4n) is 6.17. The van der Waals surface area contributed by atoms with Gasteiger partial charge in [-0.15, -0.1) is 0 Å².